The van der Waals surface area contributed by atoms with Gasteiger partial charge in [-0.1, -0.05) is 13.0 Å². The van der Waals surface area contributed by atoms with E-state index in [0.29, 0.717) is 0 Å². The van der Waals surface area contributed by atoms with Crippen LogP contribution < -0.4 is 5.32 Å². The minimum absolute atomic E-state index is 0.0986. The first kappa shape index (κ1) is 11.7. The van der Waals surface area contributed by atoms with Gasteiger partial charge in [0.25, 0.3) is 0 Å². The number of nitrogens with one attached hydrogen (secondary N) is 1. The smallest absolute Gasteiger partial charge is 0.141 e. The Balaban J connectivity index is 2.79. The molecule has 0 fully saturated rings. The Bertz CT molecular complexity index is 368. The van der Waals surface area contributed by atoms with Crippen molar-refractivity contribution in [3.8, 4) is 6.07 Å². The van der Waals surface area contributed by atoms with Gasteiger partial charge >= 0.3 is 0 Å². The van der Waals surface area contributed by atoms with Crippen molar-refractivity contribution < 1.29 is 4.39 Å². The number of halogens is 1. The van der Waals surface area contributed by atoms with Crippen LogP contribution in [0.2, 0.25) is 0 Å². The molecule has 1 unspecified atom stereocenters. The van der Waals surface area contributed by atoms with Crippen LogP contribution in [0.1, 0.15) is 37.4 Å². The summed E-state index contributed by atoms with van der Waals surface area (Å²) in [6, 6.07) is 6.66. The summed E-state index contributed by atoms with van der Waals surface area (Å²) >= 11 is 0. The van der Waals surface area contributed by atoms with E-state index >= 15 is 0 Å². The molecule has 2 nitrogen and oxygen atoms in total. The van der Waals surface area contributed by atoms with Crippen molar-refractivity contribution in [2.24, 2.45) is 0 Å². The Morgan fingerprint density at radius 3 is 2.80 bits per heavy atom. The molecule has 0 aromatic heterocycles. The number of benzene rings is 1. The van der Waals surface area contributed by atoms with Crippen molar-refractivity contribution in [2.45, 2.75) is 26.3 Å². The minimum Gasteiger partial charge on any atom is -0.310 e. The molecule has 1 aromatic carbocycles. The number of nitrogens with zero attached hydrogens (tertiary/aromatic N) is 1. The highest BCUT2D eigenvalue weighted by molar-refractivity contribution is 5.34. The maximum atomic E-state index is 13.3. The zero-order chi connectivity index (χ0) is 11.3. The third-order valence-electron chi connectivity index (χ3n) is 2.31. The van der Waals surface area contributed by atoms with E-state index in [1.807, 2.05) is 13.0 Å². The van der Waals surface area contributed by atoms with Crippen LogP contribution >= 0.6 is 0 Å². The Hall–Kier alpha value is -1.40. The molecule has 0 saturated heterocycles. The first-order valence-corrected chi connectivity index (χ1v) is 5.12. The van der Waals surface area contributed by atoms with Crippen molar-refractivity contribution in [2.75, 3.05) is 6.54 Å². The second kappa shape index (κ2) is 5.47. The molecular weight excluding hydrogens is 191 g/mol. The lowest BCUT2D eigenvalue weighted by molar-refractivity contribution is 0.561. The molecule has 15 heavy (non-hydrogen) atoms. The molecule has 0 spiro atoms. The van der Waals surface area contributed by atoms with Crippen LogP contribution in [0.15, 0.2) is 18.2 Å². The van der Waals surface area contributed by atoms with Crippen molar-refractivity contribution in [1.29, 1.82) is 5.26 Å². The summed E-state index contributed by atoms with van der Waals surface area (Å²) in [5.74, 6) is -0.444. The summed E-state index contributed by atoms with van der Waals surface area (Å²) in [7, 11) is 0. The quantitative estimate of drug-likeness (QED) is 0.822. The first-order chi connectivity index (χ1) is 7.19. The summed E-state index contributed by atoms with van der Waals surface area (Å²) in [5, 5.41) is 11.8. The van der Waals surface area contributed by atoms with Gasteiger partial charge in [0.15, 0.2) is 0 Å². The molecule has 0 bridgehead atoms. The SMILES string of the molecule is CCCNC(C)c1ccc(C#N)c(F)c1. The van der Waals surface area contributed by atoms with E-state index < -0.39 is 5.82 Å². The lowest BCUT2D eigenvalue weighted by Crippen LogP contribution is -2.19. The van der Waals surface area contributed by atoms with E-state index in [1.54, 1.807) is 6.07 Å². The third-order valence-corrected chi connectivity index (χ3v) is 2.31. The highest BCUT2D eigenvalue weighted by Gasteiger charge is 2.07. The van der Waals surface area contributed by atoms with Crippen molar-refractivity contribution in [3.63, 3.8) is 0 Å². The van der Waals surface area contributed by atoms with Gasteiger partial charge in [-0.3, -0.25) is 0 Å². The number of rotatable bonds is 4. The van der Waals surface area contributed by atoms with E-state index in [2.05, 4.69) is 12.2 Å². The number of nitriles is 1. The minimum atomic E-state index is -0.444. The van der Waals surface area contributed by atoms with Crippen LogP contribution in [0, 0.1) is 17.1 Å². The van der Waals surface area contributed by atoms with Crippen LogP contribution in [0.4, 0.5) is 4.39 Å². The molecule has 0 amide bonds. The van der Waals surface area contributed by atoms with Crippen LogP contribution in [0.3, 0.4) is 0 Å². The van der Waals surface area contributed by atoms with Crippen molar-refractivity contribution in [1.82, 2.24) is 5.32 Å². The van der Waals surface area contributed by atoms with Gasteiger partial charge in [0, 0.05) is 6.04 Å². The average Bonchev–Trinajstić information content (AvgIpc) is 2.25. The largest absolute Gasteiger partial charge is 0.310 e. The average molecular weight is 206 g/mol. The zero-order valence-corrected chi connectivity index (χ0v) is 9.05. The Morgan fingerprint density at radius 1 is 1.53 bits per heavy atom. The number of hydrogen-bond acceptors (Lipinski definition) is 2. The van der Waals surface area contributed by atoms with E-state index in [9.17, 15) is 4.39 Å². The van der Waals surface area contributed by atoms with Gasteiger partial charge in [-0.15, -0.1) is 0 Å². The molecule has 0 radical (unpaired) electrons. The molecule has 0 heterocycles. The second-order valence-corrected chi connectivity index (χ2v) is 3.53. The van der Waals surface area contributed by atoms with Crippen LogP contribution in [0.5, 0.6) is 0 Å². The molecular formula is C12H15FN2. The van der Waals surface area contributed by atoms with Gasteiger partial charge in [-0.25, -0.2) is 4.39 Å². The van der Waals surface area contributed by atoms with E-state index in [1.165, 1.54) is 12.1 Å². The molecule has 3 heteroatoms. The Labute approximate surface area is 89.7 Å². The van der Waals surface area contributed by atoms with Gasteiger partial charge in [-0.2, -0.15) is 5.26 Å². The molecule has 1 N–H and O–H groups in total. The maximum absolute atomic E-state index is 13.3. The summed E-state index contributed by atoms with van der Waals surface area (Å²) < 4.78 is 13.3. The van der Waals surface area contributed by atoms with Gasteiger partial charge < -0.3 is 5.32 Å². The molecule has 0 aliphatic heterocycles. The molecule has 0 aliphatic carbocycles. The fourth-order valence-electron chi connectivity index (χ4n) is 1.37. The predicted molar refractivity (Wildman–Crippen MR) is 57.8 cm³/mol. The van der Waals surface area contributed by atoms with Gasteiger partial charge in [0.1, 0.15) is 11.9 Å². The second-order valence-electron chi connectivity index (χ2n) is 3.53. The van der Waals surface area contributed by atoms with Gasteiger partial charge in [0.2, 0.25) is 0 Å². The standard InChI is InChI=1S/C12H15FN2/c1-3-6-15-9(2)10-4-5-11(8-14)12(13)7-10/h4-5,7,9,15H,3,6H2,1-2H3. The summed E-state index contributed by atoms with van der Waals surface area (Å²) in [6.45, 7) is 4.97. The Morgan fingerprint density at radius 2 is 2.27 bits per heavy atom. The topological polar surface area (TPSA) is 35.8 Å². The molecule has 0 saturated carbocycles. The van der Waals surface area contributed by atoms with E-state index in [4.69, 9.17) is 5.26 Å². The van der Waals surface area contributed by atoms with E-state index in [-0.39, 0.29) is 11.6 Å². The molecule has 1 aromatic rings. The normalized spacial score (nSPS) is 12.1. The van der Waals surface area contributed by atoms with Crippen molar-refractivity contribution in [3.05, 3.63) is 35.1 Å². The predicted octanol–water partition coefficient (Wildman–Crippen LogP) is 2.76. The molecule has 1 rings (SSSR count). The fourth-order valence-corrected chi connectivity index (χ4v) is 1.37. The fraction of sp³-hybridized carbons (Fsp3) is 0.417. The lowest BCUT2D eigenvalue weighted by atomic mass is 10.1. The first-order valence-electron chi connectivity index (χ1n) is 5.12. The zero-order valence-electron chi connectivity index (χ0n) is 9.05. The van der Waals surface area contributed by atoms with Gasteiger partial charge in [-0.05, 0) is 37.6 Å². The molecule has 0 aliphatic rings. The summed E-state index contributed by atoms with van der Waals surface area (Å²) in [5.41, 5.74) is 0.974. The maximum Gasteiger partial charge on any atom is 0.141 e. The molecule has 1 atom stereocenters. The van der Waals surface area contributed by atoms with E-state index in [0.717, 1.165) is 18.5 Å². The highest BCUT2D eigenvalue weighted by atomic mass is 19.1. The summed E-state index contributed by atoms with van der Waals surface area (Å²) in [4.78, 5) is 0. The monoisotopic (exact) mass is 206 g/mol. The van der Waals surface area contributed by atoms with Crippen molar-refractivity contribution >= 4 is 0 Å². The number of hydrogen-bond donors (Lipinski definition) is 1. The summed E-state index contributed by atoms with van der Waals surface area (Å²) in [6.07, 6.45) is 1.04. The van der Waals surface area contributed by atoms with Crippen LogP contribution in [-0.4, -0.2) is 6.54 Å². The highest BCUT2D eigenvalue weighted by Crippen LogP contribution is 2.16. The van der Waals surface area contributed by atoms with Crippen LogP contribution in [-0.2, 0) is 0 Å². The Kier molecular flexibility index (Phi) is 4.26. The third kappa shape index (κ3) is 3.03. The lowest BCUT2D eigenvalue weighted by Gasteiger charge is -2.13. The molecule has 80 valence electrons. The van der Waals surface area contributed by atoms with Crippen LogP contribution in [0.25, 0.3) is 0 Å². The van der Waals surface area contributed by atoms with Gasteiger partial charge in [0.05, 0.1) is 5.56 Å².